The van der Waals surface area contributed by atoms with Crippen molar-refractivity contribution >= 4 is 23.3 Å². The van der Waals surface area contributed by atoms with E-state index in [-0.39, 0.29) is 18.0 Å². The molecule has 2 aliphatic heterocycles. The van der Waals surface area contributed by atoms with E-state index in [4.69, 9.17) is 0 Å². The number of nitrogens with one attached hydrogen (secondary N) is 1. The maximum absolute atomic E-state index is 12.7. The van der Waals surface area contributed by atoms with E-state index in [1.807, 2.05) is 43.3 Å². The van der Waals surface area contributed by atoms with Gasteiger partial charge >= 0.3 is 6.03 Å². The van der Waals surface area contributed by atoms with Crippen LogP contribution in [0.2, 0.25) is 0 Å². The third-order valence-electron chi connectivity index (χ3n) is 5.39. The third kappa shape index (κ3) is 2.94. The van der Waals surface area contributed by atoms with Gasteiger partial charge in [0.1, 0.15) is 0 Å². The number of rotatable bonds is 2. The lowest BCUT2D eigenvalue weighted by Gasteiger charge is -2.22. The van der Waals surface area contributed by atoms with Gasteiger partial charge in [-0.25, -0.2) is 4.79 Å². The van der Waals surface area contributed by atoms with Crippen molar-refractivity contribution in [3.8, 4) is 0 Å². The topological polar surface area (TPSA) is 52.7 Å². The first kappa shape index (κ1) is 16.6. The molecule has 0 radical (unpaired) electrons. The molecule has 0 aliphatic carbocycles. The van der Waals surface area contributed by atoms with E-state index in [1.54, 1.807) is 9.80 Å². The standard InChI is InChI=1S/C21H23N3O2/c1-14-7-8-18(11-15(14)2)24-13-17(12-20(24)25)22-21(26)23-10-9-16-5-3-4-6-19(16)23/h3-8,11,17H,9-10,12-13H2,1-2H3,(H,22,26)/t17-/m0/s1. The number of benzene rings is 2. The van der Waals surface area contributed by atoms with Crippen LogP contribution in [-0.2, 0) is 11.2 Å². The Morgan fingerprint density at radius 2 is 1.92 bits per heavy atom. The molecule has 1 saturated heterocycles. The largest absolute Gasteiger partial charge is 0.333 e. The molecule has 2 aromatic rings. The summed E-state index contributed by atoms with van der Waals surface area (Å²) in [5.41, 5.74) is 5.44. The molecule has 26 heavy (non-hydrogen) atoms. The van der Waals surface area contributed by atoms with Gasteiger partial charge in [-0.1, -0.05) is 24.3 Å². The zero-order valence-electron chi connectivity index (χ0n) is 15.2. The molecule has 4 rings (SSSR count). The van der Waals surface area contributed by atoms with Crippen molar-refractivity contribution in [3.63, 3.8) is 0 Å². The number of para-hydroxylation sites is 1. The van der Waals surface area contributed by atoms with Gasteiger partial charge < -0.3 is 10.2 Å². The second kappa shape index (κ2) is 6.48. The van der Waals surface area contributed by atoms with Gasteiger partial charge in [0.05, 0.1) is 6.04 Å². The maximum Gasteiger partial charge on any atom is 0.322 e. The summed E-state index contributed by atoms with van der Waals surface area (Å²) < 4.78 is 0. The molecule has 0 unspecified atom stereocenters. The van der Waals surface area contributed by atoms with Crippen LogP contribution in [0.5, 0.6) is 0 Å². The molecule has 1 fully saturated rings. The highest BCUT2D eigenvalue weighted by Crippen LogP contribution is 2.28. The van der Waals surface area contributed by atoms with E-state index in [0.717, 1.165) is 23.4 Å². The summed E-state index contributed by atoms with van der Waals surface area (Å²) in [4.78, 5) is 28.7. The number of anilines is 2. The summed E-state index contributed by atoms with van der Waals surface area (Å²) in [7, 11) is 0. The number of amides is 3. The van der Waals surface area contributed by atoms with Crippen LogP contribution in [0, 0.1) is 13.8 Å². The quantitative estimate of drug-likeness (QED) is 0.905. The van der Waals surface area contributed by atoms with E-state index in [1.165, 1.54) is 11.1 Å². The second-order valence-electron chi connectivity index (χ2n) is 7.15. The minimum absolute atomic E-state index is 0.0559. The van der Waals surface area contributed by atoms with Crippen molar-refractivity contribution in [2.75, 3.05) is 22.9 Å². The molecule has 2 aromatic carbocycles. The molecule has 0 aromatic heterocycles. The average molecular weight is 349 g/mol. The summed E-state index contributed by atoms with van der Waals surface area (Å²) >= 11 is 0. The lowest BCUT2D eigenvalue weighted by molar-refractivity contribution is -0.117. The van der Waals surface area contributed by atoms with Crippen LogP contribution in [0.15, 0.2) is 42.5 Å². The molecule has 0 bridgehead atoms. The third-order valence-corrected chi connectivity index (χ3v) is 5.39. The van der Waals surface area contributed by atoms with Gasteiger partial charge in [0, 0.05) is 30.9 Å². The van der Waals surface area contributed by atoms with Crippen molar-refractivity contribution in [2.24, 2.45) is 0 Å². The summed E-state index contributed by atoms with van der Waals surface area (Å²) in [5, 5.41) is 3.04. The molecule has 1 N–H and O–H groups in total. The molecule has 5 nitrogen and oxygen atoms in total. The molecule has 1 atom stereocenters. The van der Waals surface area contributed by atoms with Gasteiger partial charge in [-0.15, -0.1) is 0 Å². The zero-order valence-corrected chi connectivity index (χ0v) is 15.2. The molecular formula is C21H23N3O2. The lowest BCUT2D eigenvalue weighted by atomic mass is 10.1. The Hall–Kier alpha value is -2.82. The van der Waals surface area contributed by atoms with Crippen molar-refractivity contribution in [1.82, 2.24) is 5.32 Å². The normalized spacial score (nSPS) is 19.0. The Balaban J connectivity index is 1.44. The number of carbonyl (C=O) groups is 2. The Kier molecular flexibility index (Phi) is 4.15. The fraction of sp³-hybridized carbons (Fsp3) is 0.333. The summed E-state index contributed by atoms with van der Waals surface area (Å²) in [6.45, 7) is 5.31. The minimum Gasteiger partial charge on any atom is -0.333 e. The molecule has 0 saturated carbocycles. The Bertz CT molecular complexity index is 877. The number of hydrogen-bond donors (Lipinski definition) is 1. The van der Waals surface area contributed by atoms with Gasteiger partial charge in [0.25, 0.3) is 0 Å². The van der Waals surface area contributed by atoms with Crippen molar-refractivity contribution in [1.29, 1.82) is 0 Å². The number of aryl methyl sites for hydroxylation is 2. The first-order chi connectivity index (χ1) is 12.5. The van der Waals surface area contributed by atoms with Crippen LogP contribution in [0.1, 0.15) is 23.1 Å². The van der Waals surface area contributed by atoms with Crippen molar-refractivity contribution in [3.05, 3.63) is 59.2 Å². The fourth-order valence-electron chi connectivity index (χ4n) is 3.75. The Labute approximate surface area is 153 Å². The highest BCUT2D eigenvalue weighted by molar-refractivity contribution is 5.98. The molecule has 3 amide bonds. The lowest BCUT2D eigenvalue weighted by Crippen LogP contribution is -2.45. The average Bonchev–Trinajstić information content (AvgIpc) is 3.21. The number of nitrogens with zero attached hydrogens (tertiary/aromatic N) is 2. The smallest absolute Gasteiger partial charge is 0.322 e. The second-order valence-corrected chi connectivity index (χ2v) is 7.15. The number of hydrogen-bond acceptors (Lipinski definition) is 2. The monoisotopic (exact) mass is 349 g/mol. The fourth-order valence-corrected chi connectivity index (χ4v) is 3.75. The molecule has 2 heterocycles. The van der Waals surface area contributed by atoms with Gasteiger partial charge in [0.15, 0.2) is 0 Å². The molecule has 5 heteroatoms. The van der Waals surface area contributed by atoms with Gasteiger partial charge in [-0.05, 0) is 55.2 Å². The maximum atomic E-state index is 12.7. The predicted octanol–water partition coefficient (Wildman–Crippen LogP) is 3.18. The SMILES string of the molecule is Cc1ccc(N2C[C@@H](NC(=O)N3CCc4ccccc43)CC2=O)cc1C. The highest BCUT2D eigenvalue weighted by Gasteiger charge is 2.33. The van der Waals surface area contributed by atoms with Gasteiger partial charge in [0.2, 0.25) is 5.91 Å². The number of fused-ring (bicyclic) bond motifs is 1. The zero-order chi connectivity index (χ0) is 18.3. The molecular weight excluding hydrogens is 326 g/mol. The van der Waals surface area contributed by atoms with Gasteiger partial charge in [-0.3, -0.25) is 9.69 Å². The first-order valence-corrected chi connectivity index (χ1v) is 9.06. The number of carbonyl (C=O) groups excluding carboxylic acids is 2. The van der Waals surface area contributed by atoms with Crippen molar-refractivity contribution < 1.29 is 9.59 Å². The Morgan fingerprint density at radius 3 is 2.73 bits per heavy atom. The van der Waals surface area contributed by atoms with Crippen LogP contribution in [0.25, 0.3) is 0 Å². The van der Waals surface area contributed by atoms with Crippen LogP contribution in [0.3, 0.4) is 0 Å². The summed E-state index contributed by atoms with van der Waals surface area (Å²) in [6, 6.07) is 13.7. The molecule has 2 aliphatic rings. The van der Waals surface area contributed by atoms with E-state index in [2.05, 4.69) is 18.3 Å². The van der Waals surface area contributed by atoms with E-state index < -0.39 is 0 Å². The number of urea groups is 1. The predicted molar refractivity (Wildman–Crippen MR) is 103 cm³/mol. The van der Waals surface area contributed by atoms with E-state index in [0.29, 0.717) is 19.5 Å². The van der Waals surface area contributed by atoms with Crippen LogP contribution in [-0.4, -0.2) is 31.1 Å². The minimum atomic E-state index is -0.163. The summed E-state index contributed by atoms with van der Waals surface area (Å²) in [6.07, 6.45) is 1.22. The Morgan fingerprint density at radius 1 is 1.12 bits per heavy atom. The van der Waals surface area contributed by atoms with E-state index >= 15 is 0 Å². The first-order valence-electron chi connectivity index (χ1n) is 9.06. The van der Waals surface area contributed by atoms with Gasteiger partial charge in [-0.2, -0.15) is 0 Å². The van der Waals surface area contributed by atoms with Crippen LogP contribution in [0.4, 0.5) is 16.2 Å². The molecule has 0 spiro atoms. The van der Waals surface area contributed by atoms with Crippen LogP contribution < -0.4 is 15.1 Å². The molecule has 134 valence electrons. The summed E-state index contributed by atoms with van der Waals surface area (Å²) in [5.74, 6) is 0.0559. The van der Waals surface area contributed by atoms with E-state index in [9.17, 15) is 9.59 Å². The van der Waals surface area contributed by atoms with Crippen molar-refractivity contribution in [2.45, 2.75) is 32.7 Å². The highest BCUT2D eigenvalue weighted by atomic mass is 16.2. The van der Waals surface area contributed by atoms with Crippen LogP contribution >= 0.6 is 0 Å².